The molecule has 1 aromatic heterocycles. The van der Waals surface area contributed by atoms with Gasteiger partial charge in [-0.25, -0.2) is 0 Å². The molecule has 0 unspecified atom stereocenters. The van der Waals surface area contributed by atoms with E-state index in [2.05, 4.69) is 32.9 Å². The third-order valence-electron chi connectivity index (χ3n) is 5.40. The van der Waals surface area contributed by atoms with Crippen molar-refractivity contribution in [3.8, 4) is 17.2 Å². The van der Waals surface area contributed by atoms with Gasteiger partial charge in [0.15, 0.2) is 11.6 Å². The first-order valence-electron chi connectivity index (χ1n) is 11.8. The predicted molar refractivity (Wildman–Crippen MR) is 134 cm³/mol. The van der Waals surface area contributed by atoms with E-state index in [1.54, 1.807) is 12.1 Å². The third kappa shape index (κ3) is 7.14. The quantitative estimate of drug-likeness (QED) is 0.253. The highest BCUT2D eigenvalue weighted by molar-refractivity contribution is 6.05. The molecule has 0 spiro atoms. The molecule has 0 aliphatic rings. The summed E-state index contributed by atoms with van der Waals surface area (Å²) in [6.45, 7) is 2.87. The molecule has 0 fully saturated rings. The van der Waals surface area contributed by atoms with Crippen molar-refractivity contribution in [3.63, 3.8) is 0 Å². The highest BCUT2D eigenvalue weighted by Crippen LogP contribution is 2.30. The van der Waals surface area contributed by atoms with Gasteiger partial charge in [0, 0.05) is 12.0 Å². The number of aromatic amines is 1. The van der Waals surface area contributed by atoms with Crippen molar-refractivity contribution in [3.05, 3.63) is 89.7 Å². The topological polar surface area (TPSA) is 102 Å². The molecule has 0 radical (unpaired) electrons. The summed E-state index contributed by atoms with van der Waals surface area (Å²) in [4.78, 5) is 12.9. The highest BCUT2D eigenvalue weighted by Gasteiger charge is 2.11. The minimum absolute atomic E-state index is 0.221. The number of nitrogens with zero attached hydrogens (tertiary/aromatic N) is 3. The van der Waals surface area contributed by atoms with Crippen molar-refractivity contribution in [2.45, 2.75) is 39.0 Å². The summed E-state index contributed by atoms with van der Waals surface area (Å²) >= 11 is 0. The minimum atomic E-state index is -0.221. The van der Waals surface area contributed by atoms with Crippen LogP contribution < -0.4 is 14.8 Å². The Morgan fingerprint density at radius 3 is 2.60 bits per heavy atom. The zero-order chi connectivity index (χ0) is 24.3. The normalized spacial score (nSPS) is 10.7. The molecule has 2 N–H and O–H groups in total. The van der Waals surface area contributed by atoms with E-state index in [4.69, 9.17) is 9.47 Å². The number of rotatable bonds is 12. The monoisotopic (exact) mass is 471 g/mol. The SMILES string of the molecule is CCCCCCOc1ccc(C(=O)Nc2ccccc2Oc2cccc(Cc3nn[nH]n3)c2)cc1. The van der Waals surface area contributed by atoms with Gasteiger partial charge in [-0.05, 0) is 60.5 Å². The zero-order valence-electron chi connectivity index (χ0n) is 19.7. The number of tetrazole rings is 1. The smallest absolute Gasteiger partial charge is 0.255 e. The van der Waals surface area contributed by atoms with E-state index in [9.17, 15) is 4.79 Å². The number of hydrogen-bond donors (Lipinski definition) is 2. The van der Waals surface area contributed by atoms with Crippen LogP contribution in [-0.2, 0) is 6.42 Å². The van der Waals surface area contributed by atoms with Crippen molar-refractivity contribution in [1.29, 1.82) is 0 Å². The summed E-state index contributed by atoms with van der Waals surface area (Å²) in [5.74, 6) is 2.34. The van der Waals surface area contributed by atoms with E-state index in [-0.39, 0.29) is 5.91 Å². The van der Waals surface area contributed by atoms with Gasteiger partial charge in [0.1, 0.15) is 11.5 Å². The molecule has 0 aliphatic heterocycles. The number of anilines is 1. The lowest BCUT2D eigenvalue weighted by Gasteiger charge is -2.13. The Kier molecular flexibility index (Phi) is 8.42. The molecule has 4 rings (SSSR count). The Labute approximate surface area is 204 Å². The molecule has 0 saturated heterocycles. The molecule has 0 aliphatic carbocycles. The number of para-hydroxylation sites is 2. The van der Waals surface area contributed by atoms with Gasteiger partial charge in [-0.3, -0.25) is 4.79 Å². The largest absolute Gasteiger partial charge is 0.494 e. The van der Waals surface area contributed by atoms with Crippen LogP contribution >= 0.6 is 0 Å². The third-order valence-corrected chi connectivity index (χ3v) is 5.40. The van der Waals surface area contributed by atoms with Gasteiger partial charge in [-0.1, -0.05) is 55.7 Å². The maximum Gasteiger partial charge on any atom is 0.255 e. The number of carbonyl (C=O) groups is 1. The minimum Gasteiger partial charge on any atom is -0.494 e. The van der Waals surface area contributed by atoms with Crippen molar-refractivity contribution in [1.82, 2.24) is 20.6 Å². The fourth-order valence-electron chi connectivity index (χ4n) is 3.56. The van der Waals surface area contributed by atoms with Gasteiger partial charge in [-0.15, -0.1) is 10.2 Å². The van der Waals surface area contributed by atoms with E-state index in [1.165, 1.54) is 19.3 Å². The molecule has 4 aromatic rings. The number of H-pyrrole nitrogens is 1. The second kappa shape index (κ2) is 12.3. The van der Waals surface area contributed by atoms with Crippen molar-refractivity contribution < 1.29 is 14.3 Å². The lowest BCUT2D eigenvalue weighted by atomic mass is 10.1. The maximum atomic E-state index is 12.9. The van der Waals surface area contributed by atoms with Gasteiger partial charge in [-0.2, -0.15) is 5.21 Å². The van der Waals surface area contributed by atoms with Crippen LogP contribution in [0, 0.1) is 0 Å². The second-order valence-corrected chi connectivity index (χ2v) is 8.14. The van der Waals surface area contributed by atoms with Gasteiger partial charge >= 0.3 is 0 Å². The molecule has 0 saturated carbocycles. The number of benzene rings is 3. The Balaban J connectivity index is 1.37. The fraction of sp³-hybridized carbons (Fsp3) is 0.259. The number of nitrogens with one attached hydrogen (secondary N) is 2. The van der Waals surface area contributed by atoms with Crippen molar-refractivity contribution in [2.75, 3.05) is 11.9 Å². The summed E-state index contributed by atoms with van der Waals surface area (Å²) in [7, 11) is 0. The summed E-state index contributed by atoms with van der Waals surface area (Å²) in [5, 5.41) is 17.0. The number of hydrogen-bond acceptors (Lipinski definition) is 6. The van der Waals surface area contributed by atoms with Gasteiger partial charge < -0.3 is 14.8 Å². The molecule has 8 nitrogen and oxygen atoms in total. The van der Waals surface area contributed by atoms with Crippen LogP contribution in [0.4, 0.5) is 5.69 Å². The van der Waals surface area contributed by atoms with Crippen LogP contribution in [0.5, 0.6) is 17.2 Å². The van der Waals surface area contributed by atoms with Crippen LogP contribution in [0.25, 0.3) is 0 Å². The average molecular weight is 472 g/mol. The fourth-order valence-corrected chi connectivity index (χ4v) is 3.56. The van der Waals surface area contributed by atoms with E-state index in [1.807, 2.05) is 60.7 Å². The van der Waals surface area contributed by atoms with Crippen molar-refractivity contribution in [2.24, 2.45) is 0 Å². The second-order valence-electron chi connectivity index (χ2n) is 8.14. The Hall–Kier alpha value is -4.20. The number of amides is 1. The van der Waals surface area contributed by atoms with E-state index in [0.717, 1.165) is 17.7 Å². The molecule has 8 heteroatoms. The Morgan fingerprint density at radius 1 is 0.943 bits per heavy atom. The lowest BCUT2D eigenvalue weighted by molar-refractivity contribution is 0.102. The Bertz CT molecular complexity index is 1210. The molecule has 0 atom stereocenters. The molecule has 180 valence electrons. The molecular formula is C27H29N5O3. The first-order chi connectivity index (χ1) is 17.2. The first-order valence-corrected chi connectivity index (χ1v) is 11.8. The van der Waals surface area contributed by atoms with Gasteiger partial charge in [0.2, 0.25) is 0 Å². The lowest BCUT2D eigenvalue weighted by Crippen LogP contribution is -2.12. The molecule has 1 heterocycles. The van der Waals surface area contributed by atoms with E-state index >= 15 is 0 Å². The molecule has 35 heavy (non-hydrogen) atoms. The number of carbonyl (C=O) groups excluding carboxylic acids is 1. The van der Waals surface area contributed by atoms with Crippen LogP contribution in [0.1, 0.15) is 54.4 Å². The molecule has 0 bridgehead atoms. The molecule has 3 aromatic carbocycles. The first kappa shape index (κ1) is 23.9. The zero-order valence-corrected chi connectivity index (χ0v) is 19.7. The standard InChI is InChI=1S/C27H29N5O3/c1-2-3-4-7-17-34-22-15-13-21(14-16-22)27(33)28-24-11-5-6-12-25(24)35-23-10-8-9-20(18-23)19-26-29-31-32-30-26/h5-6,8-16,18H,2-4,7,17,19H2,1H3,(H,28,33)(H,29,30,31,32). The summed E-state index contributed by atoms with van der Waals surface area (Å²) in [6, 6.07) is 22.2. The summed E-state index contributed by atoms with van der Waals surface area (Å²) in [5.41, 5.74) is 2.11. The van der Waals surface area contributed by atoms with E-state index < -0.39 is 0 Å². The average Bonchev–Trinajstić information content (AvgIpc) is 3.39. The van der Waals surface area contributed by atoms with Crippen LogP contribution in [-0.4, -0.2) is 33.1 Å². The molecule has 1 amide bonds. The van der Waals surface area contributed by atoms with Gasteiger partial charge in [0.25, 0.3) is 5.91 Å². The van der Waals surface area contributed by atoms with Crippen molar-refractivity contribution >= 4 is 11.6 Å². The number of ether oxygens (including phenoxy) is 2. The maximum absolute atomic E-state index is 12.9. The van der Waals surface area contributed by atoms with Crippen LogP contribution in [0.15, 0.2) is 72.8 Å². The number of unbranched alkanes of at least 4 members (excludes halogenated alkanes) is 3. The highest BCUT2D eigenvalue weighted by atomic mass is 16.5. The predicted octanol–water partition coefficient (Wildman–Crippen LogP) is 5.79. The number of aromatic nitrogens is 4. The van der Waals surface area contributed by atoms with E-state index in [0.29, 0.717) is 41.6 Å². The Morgan fingerprint density at radius 2 is 1.80 bits per heavy atom. The van der Waals surface area contributed by atoms with Gasteiger partial charge in [0.05, 0.1) is 12.3 Å². The summed E-state index contributed by atoms with van der Waals surface area (Å²) in [6.07, 6.45) is 5.16. The summed E-state index contributed by atoms with van der Waals surface area (Å²) < 4.78 is 11.9. The van der Waals surface area contributed by atoms with Crippen LogP contribution in [0.3, 0.4) is 0 Å². The van der Waals surface area contributed by atoms with Crippen LogP contribution in [0.2, 0.25) is 0 Å². The molecular weight excluding hydrogens is 442 g/mol.